The van der Waals surface area contributed by atoms with Crippen LogP contribution < -0.4 is 5.32 Å². The summed E-state index contributed by atoms with van der Waals surface area (Å²) < 4.78 is 0. The van der Waals surface area contributed by atoms with Crippen molar-refractivity contribution in [3.05, 3.63) is 149 Å². The van der Waals surface area contributed by atoms with Crippen molar-refractivity contribution >= 4 is 5.69 Å². The standard InChI is InChI=1S/C29H21N3/c30-20-23(21-31)22-32-28-18-16-27(17-19-28)29(24-10-4-1-5-11-24,25-12-6-2-7-13-25)26-14-8-3-9-15-26/h1-19,22,32H. The molecule has 0 spiro atoms. The van der Waals surface area contributed by atoms with Crippen molar-refractivity contribution in [1.82, 2.24) is 0 Å². The number of benzene rings is 4. The van der Waals surface area contributed by atoms with Gasteiger partial charge in [0.1, 0.15) is 17.7 Å². The first-order valence-electron chi connectivity index (χ1n) is 10.3. The maximum absolute atomic E-state index is 8.95. The molecule has 0 saturated heterocycles. The van der Waals surface area contributed by atoms with Crippen LogP contribution in [0.5, 0.6) is 0 Å². The molecule has 4 rings (SSSR count). The van der Waals surface area contributed by atoms with E-state index in [1.165, 1.54) is 22.9 Å². The highest BCUT2D eigenvalue weighted by Crippen LogP contribution is 2.45. The lowest BCUT2D eigenvalue weighted by atomic mass is 9.65. The topological polar surface area (TPSA) is 59.6 Å². The fourth-order valence-electron chi connectivity index (χ4n) is 4.13. The molecule has 0 aliphatic carbocycles. The first kappa shape index (κ1) is 20.7. The Morgan fingerprint density at radius 3 is 1.31 bits per heavy atom. The summed E-state index contributed by atoms with van der Waals surface area (Å²) in [6.45, 7) is 0. The summed E-state index contributed by atoms with van der Waals surface area (Å²) >= 11 is 0. The van der Waals surface area contributed by atoms with Gasteiger partial charge in [-0.2, -0.15) is 10.5 Å². The zero-order valence-electron chi connectivity index (χ0n) is 17.4. The molecule has 0 aromatic heterocycles. The maximum Gasteiger partial charge on any atom is 0.145 e. The lowest BCUT2D eigenvalue weighted by molar-refractivity contribution is 0.745. The Morgan fingerprint density at radius 1 is 0.562 bits per heavy atom. The highest BCUT2D eigenvalue weighted by Gasteiger charge is 2.37. The third-order valence-corrected chi connectivity index (χ3v) is 5.56. The molecule has 0 atom stereocenters. The Hall–Kier alpha value is -4.60. The van der Waals surface area contributed by atoms with Crippen molar-refractivity contribution < 1.29 is 0 Å². The monoisotopic (exact) mass is 411 g/mol. The number of nitrogens with zero attached hydrogens (tertiary/aromatic N) is 2. The summed E-state index contributed by atoms with van der Waals surface area (Å²) in [5.74, 6) is 0. The molecule has 0 aliphatic heterocycles. The minimum Gasteiger partial charge on any atom is -0.360 e. The van der Waals surface area contributed by atoms with E-state index in [2.05, 4.69) is 90.2 Å². The van der Waals surface area contributed by atoms with Crippen molar-refractivity contribution in [2.24, 2.45) is 0 Å². The van der Waals surface area contributed by atoms with Crippen LogP contribution >= 0.6 is 0 Å². The number of hydrogen-bond acceptors (Lipinski definition) is 3. The van der Waals surface area contributed by atoms with E-state index in [4.69, 9.17) is 10.5 Å². The van der Waals surface area contributed by atoms with Gasteiger partial charge < -0.3 is 5.32 Å². The molecule has 0 heterocycles. The maximum atomic E-state index is 8.95. The van der Waals surface area contributed by atoms with Crippen LogP contribution in [0.4, 0.5) is 5.69 Å². The number of nitriles is 2. The van der Waals surface area contributed by atoms with Gasteiger partial charge in [0.15, 0.2) is 0 Å². The molecule has 0 fully saturated rings. The van der Waals surface area contributed by atoms with Gasteiger partial charge in [0.2, 0.25) is 0 Å². The number of rotatable bonds is 6. The molecule has 32 heavy (non-hydrogen) atoms. The molecule has 0 saturated carbocycles. The summed E-state index contributed by atoms with van der Waals surface area (Å²) in [5, 5.41) is 20.9. The van der Waals surface area contributed by atoms with E-state index in [9.17, 15) is 0 Å². The van der Waals surface area contributed by atoms with E-state index in [1.54, 1.807) is 0 Å². The summed E-state index contributed by atoms with van der Waals surface area (Å²) in [6.07, 6.45) is 1.42. The summed E-state index contributed by atoms with van der Waals surface area (Å²) in [6, 6.07) is 43.4. The smallest absolute Gasteiger partial charge is 0.145 e. The van der Waals surface area contributed by atoms with E-state index in [-0.39, 0.29) is 5.57 Å². The van der Waals surface area contributed by atoms with Gasteiger partial charge in [-0.1, -0.05) is 103 Å². The second-order valence-corrected chi connectivity index (χ2v) is 7.35. The highest BCUT2D eigenvalue weighted by atomic mass is 14.8. The van der Waals surface area contributed by atoms with Gasteiger partial charge in [-0.15, -0.1) is 0 Å². The SMILES string of the molecule is N#CC(C#N)=CNc1ccc(C(c2ccccc2)(c2ccccc2)c2ccccc2)cc1. The molecule has 0 unspecified atom stereocenters. The molecule has 0 aliphatic rings. The third-order valence-electron chi connectivity index (χ3n) is 5.56. The van der Waals surface area contributed by atoms with Gasteiger partial charge in [0.05, 0.1) is 5.41 Å². The van der Waals surface area contributed by atoms with Crippen LogP contribution in [0.1, 0.15) is 22.3 Å². The average molecular weight is 412 g/mol. The molecule has 0 bridgehead atoms. The van der Waals surface area contributed by atoms with Crippen LogP contribution in [0.2, 0.25) is 0 Å². The Balaban J connectivity index is 1.92. The van der Waals surface area contributed by atoms with Crippen LogP contribution in [0.15, 0.2) is 127 Å². The second kappa shape index (κ2) is 9.47. The van der Waals surface area contributed by atoms with Crippen LogP contribution in [-0.4, -0.2) is 0 Å². The van der Waals surface area contributed by atoms with Gasteiger partial charge in [-0.05, 0) is 34.4 Å². The number of allylic oxidation sites excluding steroid dienone is 1. The predicted octanol–water partition coefficient (Wildman–Crippen LogP) is 6.41. The molecular weight excluding hydrogens is 390 g/mol. The zero-order chi connectivity index (χ0) is 22.2. The minimum atomic E-state index is -0.497. The van der Waals surface area contributed by atoms with Crippen molar-refractivity contribution in [3.8, 4) is 12.1 Å². The van der Waals surface area contributed by atoms with Crippen molar-refractivity contribution in [3.63, 3.8) is 0 Å². The van der Waals surface area contributed by atoms with Gasteiger partial charge in [-0.25, -0.2) is 0 Å². The quantitative estimate of drug-likeness (QED) is 0.294. The molecule has 0 amide bonds. The average Bonchev–Trinajstić information content (AvgIpc) is 2.88. The number of nitrogens with one attached hydrogen (secondary N) is 1. The molecule has 3 heteroatoms. The van der Waals surface area contributed by atoms with Crippen molar-refractivity contribution in [2.75, 3.05) is 5.32 Å². The van der Waals surface area contributed by atoms with Crippen LogP contribution in [0.3, 0.4) is 0 Å². The molecular formula is C29H21N3. The van der Waals surface area contributed by atoms with E-state index < -0.39 is 5.41 Å². The largest absolute Gasteiger partial charge is 0.360 e. The Labute approximate surface area is 188 Å². The van der Waals surface area contributed by atoms with Gasteiger partial charge in [0.25, 0.3) is 0 Å². The Bertz CT molecular complexity index is 1170. The van der Waals surface area contributed by atoms with Crippen molar-refractivity contribution in [2.45, 2.75) is 5.41 Å². The Kier molecular flexibility index (Phi) is 6.12. The minimum absolute atomic E-state index is 0.0290. The van der Waals surface area contributed by atoms with Crippen molar-refractivity contribution in [1.29, 1.82) is 10.5 Å². The van der Waals surface area contributed by atoms with Gasteiger partial charge >= 0.3 is 0 Å². The van der Waals surface area contributed by atoms with Crippen LogP contribution in [0, 0.1) is 22.7 Å². The van der Waals surface area contributed by atoms with Gasteiger partial charge in [-0.3, -0.25) is 0 Å². The molecule has 0 radical (unpaired) electrons. The van der Waals surface area contributed by atoms with E-state index >= 15 is 0 Å². The third kappa shape index (κ3) is 3.88. The van der Waals surface area contributed by atoms with Gasteiger partial charge in [0, 0.05) is 11.9 Å². The van der Waals surface area contributed by atoms with Crippen LogP contribution in [0.25, 0.3) is 0 Å². The summed E-state index contributed by atoms with van der Waals surface area (Å²) in [5.41, 5.74) is 4.98. The molecule has 3 nitrogen and oxygen atoms in total. The number of hydrogen-bond donors (Lipinski definition) is 1. The van der Waals surface area contributed by atoms with E-state index in [0.29, 0.717) is 0 Å². The fourth-order valence-corrected chi connectivity index (χ4v) is 4.13. The lowest BCUT2D eigenvalue weighted by Gasteiger charge is -2.37. The molecule has 152 valence electrons. The second-order valence-electron chi connectivity index (χ2n) is 7.35. The molecule has 4 aromatic carbocycles. The van der Waals surface area contributed by atoms with E-state index in [0.717, 1.165) is 11.3 Å². The highest BCUT2D eigenvalue weighted by molar-refractivity contribution is 5.61. The molecule has 4 aromatic rings. The zero-order valence-corrected chi connectivity index (χ0v) is 17.4. The first-order valence-corrected chi connectivity index (χ1v) is 10.3. The summed E-state index contributed by atoms with van der Waals surface area (Å²) in [7, 11) is 0. The predicted molar refractivity (Wildman–Crippen MR) is 128 cm³/mol. The van der Waals surface area contributed by atoms with Crippen LogP contribution in [-0.2, 0) is 5.41 Å². The normalized spacial score (nSPS) is 10.4. The molecule has 1 N–H and O–H groups in total. The first-order chi connectivity index (χ1) is 15.8. The fraction of sp³-hybridized carbons (Fsp3) is 0.0345. The number of anilines is 1. The lowest BCUT2D eigenvalue weighted by Crippen LogP contribution is -2.30. The Morgan fingerprint density at radius 2 is 0.938 bits per heavy atom. The summed E-state index contributed by atoms with van der Waals surface area (Å²) in [4.78, 5) is 0. The van der Waals surface area contributed by atoms with E-state index in [1.807, 2.05) is 42.5 Å².